The summed E-state index contributed by atoms with van der Waals surface area (Å²) >= 11 is 1.74. The highest BCUT2D eigenvalue weighted by Gasteiger charge is 2.16. The number of imidazole rings is 1. The van der Waals surface area contributed by atoms with Crippen LogP contribution in [0, 0.1) is 0 Å². The largest absolute Gasteiger partial charge is 0.351 e. The molecule has 1 N–H and O–H groups in total. The second-order valence-corrected chi connectivity index (χ2v) is 8.37. The Balaban J connectivity index is 1.47. The third-order valence-corrected chi connectivity index (χ3v) is 6.37. The molecule has 0 amide bonds. The van der Waals surface area contributed by atoms with Gasteiger partial charge in [0.2, 0.25) is 0 Å². The van der Waals surface area contributed by atoms with Gasteiger partial charge in [-0.1, -0.05) is 84.6 Å². The Morgan fingerprint density at radius 2 is 1.71 bits per heavy atom. The Hall–Kier alpha value is -3.38. The lowest BCUT2D eigenvalue weighted by molar-refractivity contribution is 0.596. The molecule has 0 saturated carbocycles. The standard InChI is InChI=1S/C25H23N5S/c1-2-8-19(9-3-1)17-31-25-29-28-24(30(25)15-7-12-21-16-26-18-27-21)23-14-6-11-20-10-4-5-13-22(20)23/h1-6,8-11,13-14,16,18H,7,12,15,17H2,(H,26,27). The minimum absolute atomic E-state index is 0.843. The highest BCUT2D eigenvalue weighted by atomic mass is 32.2. The fourth-order valence-electron chi connectivity index (χ4n) is 3.78. The Morgan fingerprint density at radius 3 is 2.58 bits per heavy atom. The van der Waals surface area contributed by atoms with Crippen LogP contribution < -0.4 is 0 Å². The van der Waals surface area contributed by atoms with E-state index in [0.717, 1.165) is 47.4 Å². The first kappa shape index (κ1) is 19.6. The molecule has 0 fully saturated rings. The summed E-state index contributed by atoms with van der Waals surface area (Å²) in [6, 6.07) is 25.3. The van der Waals surface area contributed by atoms with E-state index in [-0.39, 0.29) is 0 Å². The van der Waals surface area contributed by atoms with Crippen LogP contribution in [0.25, 0.3) is 22.2 Å². The molecule has 5 rings (SSSR count). The summed E-state index contributed by atoms with van der Waals surface area (Å²) in [6.07, 6.45) is 5.58. The van der Waals surface area contributed by atoms with Crippen LogP contribution in [0.3, 0.4) is 0 Å². The quantitative estimate of drug-likeness (QED) is 0.322. The first-order valence-electron chi connectivity index (χ1n) is 10.4. The summed E-state index contributed by atoms with van der Waals surface area (Å²) in [7, 11) is 0. The van der Waals surface area contributed by atoms with Crippen LogP contribution in [0.1, 0.15) is 17.7 Å². The zero-order valence-electron chi connectivity index (χ0n) is 17.1. The summed E-state index contributed by atoms with van der Waals surface area (Å²) in [6.45, 7) is 0.843. The van der Waals surface area contributed by atoms with E-state index in [1.165, 1.54) is 16.3 Å². The van der Waals surface area contributed by atoms with Gasteiger partial charge in [0.25, 0.3) is 0 Å². The van der Waals surface area contributed by atoms with E-state index >= 15 is 0 Å². The lowest BCUT2D eigenvalue weighted by Gasteiger charge is -2.12. The monoisotopic (exact) mass is 425 g/mol. The smallest absolute Gasteiger partial charge is 0.191 e. The van der Waals surface area contributed by atoms with Crippen LogP contribution in [0.15, 0.2) is 90.5 Å². The summed E-state index contributed by atoms with van der Waals surface area (Å²) in [4.78, 5) is 7.39. The first-order valence-corrected chi connectivity index (χ1v) is 11.4. The van der Waals surface area contributed by atoms with Crippen LogP contribution in [0.4, 0.5) is 0 Å². The molecule has 0 saturated heterocycles. The number of thioether (sulfide) groups is 1. The van der Waals surface area contributed by atoms with Gasteiger partial charge in [-0.25, -0.2) is 4.98 Å². The molecule has 0 unspecified atom stereocenters. The van der Waals surface area contributed by atoms with E-state index in [2.05, 4.69) is 91.5 Å². The molecule has 0 aliphatic heterocycles. The molecule has 0 aliphatic carbocycles. The third-order valence-electron chi connectivity index (χ3n) is 5.33. The normalized spacial score (nSPS) is 11.2. The van der Waals surface area contributed by atoms with Crippen LogP contribution >= 0.6 is 11.8 Å². The van der Waals surface area contributed by atoms with Crippen molar-refractivity contribution in [3.05, 3.63) is 96.6 Å². The van der Waals surface area contributed by atoms with Crippen molar-refractivity contribution in [2.45, 2.75) is 30.3 Å². The van der Waals surface area contributed by atoms with E-state index in [1.807, 2.05) is 12.3 Å². The molecule has 0 radical (unpaired) electrons. The maximum absolute atomic E-state index is 4.63. The second-order valence-electron chi connectivity index (χ2n) is 7.42. The van der Waals surface area contributed by atoms with Crippen molar-refractivity contribution in [2.24, 2.45) is 0 Å². The number of aromatic amines is 1. The van der Waals surface area contributed by atoms with E-state index in [1.54, 1.807) is 18.1 Å². The molecule has 31 heavy (non-hydrogen) atoms. The molecule has 0 aliphatic rings. The zero-order valence-corrected chi connectivity index (χ0v) is 17.9. The van der Waals surface area contributed by atoms with Crippen LogP contribution in [-0.2, 0) is 18.7 Å². The van der Waals surface area contributed by atoms with Crippen molar-refractivity contribution in [1.82, 2.24) is 24.7 Å². The molecule has 0 bridgehead atoms. The van der Waals surface area contributed by atoms with Gasteiger partial charge < -0.3 is 9.55 Å². The molecule has 3 aromatic carbocycles. The number of nitrogens with one attached hydrogen (secondary N) is 1. The van der Waals surface area contributed by atoms with Gasteiger partial charge >= 0.3 is 0 Å². The van der Waals surface area contributed by atoms with E-state index in [4.69, 9.17) is 0 Å². The Labute approximate surface area is 185 Å². The molecule has 5 aromatic rings. The number of fused-ring (bicyclic) bond motifs is 1. The number of rotatable bonds is 8. The predicted octanol–water partition coefficient (Wildman–Crippen LogP) is 5.75. The average Bonchev–Trinajstić information content (AvgIpc) is 3.48. The lowest BCUT2D eigenvalue weighted by Crippen LogP contribution is -2.04. The van der Waals surface area contributed by atoms with Crippen LogP contribution in [-0.4, -0.2) is 24.7 Å². The Kier molecular flexibility index (Phi) is 5.80. The fraction of sp³-hybridized carbons (Fsp3) is 0.160. The van der Waals surface area contributed by atoms with Gasteiger partial charge in [-0.2, -0.15) is 0 Å². The number of H-pyrrole nitrogens is 1. The molecule has 154 valence electrons. The molecule has 6 heteroatoms. The summed E-state index contributed by atoms with van der Waals surface area (Å²) in [5.74, 6) is 1.79. The molecule has 0 atom stereocenters. The molecule has 5 nitrogen and oxygen atoms in total. The second kappa shape index (κ2) is 9.18. The summed E-state index contributed by atoms with van der Waals surface area (Å²) < 4.78 is 2.27. The minimum Gasteiger partial charge on any atom is -0.351 e. The maximum atomic E-state index is 4.63. The topological polar surface area (TPSA) is 59.4 Å². The third kappa shape index (κ3) is 4.39. The van der Waals surface area contributed by atoms with Crippen molar-refractivity contribution in [2.75, 3.05) is 0 Å². The first-order chi connectivity index (χ1) is 15.4. The fourth-order valence-corrected chi connectivity index (χ4v) is 4.71. The summed E-state index contributed by atoms with van der Waals surface area (Å²) in [5, 5.41) is 12.6. The minimum atomic E-state index is 0.843. The maximum Gasteiger partial charge on any atom is 0.191 e. The Bertz CT molecular complexity index is 1260. The average molecular weight is 426 g/mol. The number of hydrogen-bond acceptors (Lipinski definition) is 4. The number of nitrogens with zero attached hydrogens (tertiary/aromatic N) is 4. The van der Waals surface area contributed by atoms with Gasteiger partial charge in [-0.15, -0.1) is 10.2 Å². The number of aromatic nitrogens is 5. The van der Waals surface area contributed by atoms with Gasteiger partial charge in [0.15, 0.2) is 11.0 Å². The highest BCUT2D eigenvalue weighted by Crippen LogP contribution is 2.31. The zero-order chi connectivity index (χ0) is 20.9. The van der Waals surface area contributed by atoms with Crippen molar-refractivity contribution < 1.29 is 0 Å². The van der Waals surface area contributed by atoms with Crippen molar-refractivity contribution >= 4 is 22.5 Å². The molecular formula is C25H23N5S. The Morgan fingerprint density at radius 1 is 0.871 bits per heavy atom. The molecule has 2 aromatic heterocycles. The molecule has 0 spiro atoms. The van der Waals surface area contributed by atoms with Gasteiger partial charge in [0.05, 0.1) is 12.0 Å². The number of hydrogen-bond donors (Lipinski definition) is 1. The van der Waals surface area contributed by atoms with Crippen LogP contribution in [0.2, 0.25) is 0 Å². The highest BCUT2D eigenvalue weighted by molar-refractivity contribution is 7.98. The van der Waals surface area contributed by atoms with Crippen molar-refractivity contribution in [3.8, 4) is 11.4 Å². The summed E-state index contributed by atoms with van der Waals surface area (Å²) in [5.41, 5.74) is 3.49. The number of aryl methyl sites for hydroxylation is 1. The lowest BCUT2D eigenvalue weighted by atomic mass is 10.0. The molecular weight excluding hydrogens is 402 g/mol. The van der Waals surface area contributed by atoms with Crippen molar-refractivity contribution in [1.29, 1.82) is 0 Å². The van der Waals surface area contributed by atoms with Crippen LogP contribution in [0.5, 0.6) is 0 Å². The predicted molar refractivity (Wildman–Crippen MR) is 126 cm³/mol. The number of benzene rings is 3. The SMILES string of the molecule is c1ccc(CSc2nnc(-c3cccc4ccccc34)n2CCCc2c[nH]cn2)cc1. The van der Waals surface area contributed by atoms with E-state index < -0.39 is 0 Å². The van der Waals surface area contributed by atoms with Gasteiger partial charge in [0.1, 0.15) is 0 Å². The van der Waals surface area contributed by atoms with Gasteiger partial charge in [-0.3, -0.25) is 0 Å². The van der Waals surface area contributed by atoms with E-state index in [0.29, 0.717) is 0 Å². The molecule has 2 heterocycles. The van der Waals surface area contributed by atoms with E-state index in [9.17, 15) is 0 Å². The van der Waals surface area contributed by atoms with Crippen molar-refractivity contribution in [3.63, 3.8) is 0 Å². The van der Waals surface area contributed by atoms with Gasteiger partial charge in [0, 0.05) is 24.1 Å². The van der Waals surface area contributed by atoms with Gasteiger partial charge in [-0.05, 0) is 29.2 Å².